The summed E-state index contributed by atoms with van der Waals surface area (Å²) in [5, 5.41) is 2.58. The Labute approximate surface area is 87.8 Å². The highest BCUT2D eigenvalue weighted by Gasteiger charge is 2.23. The summed E-state index contributed by atoms with van der Waals surface area (Å²) in [6, 6.07) is 0.386. The summed E-state index contributed by atoms with van der Waals surface area (Å²) in [6.45, 7) is 1.74. The SMILES string of the molecule is COC(=O)C(C)SCC(=O)NC1CC1. The van der Waals surface area contributed by atoms with E-state index in [1.807, 2.05) is 0 Å². The fourth-order valence-corrected chi connectivity index (χ4v) is 1.65. The van der Waals surface area contributed by atoms with Crippen LogP contribution in [0.2, 0.25) is 0 Å². The maximum atomic E-state index is 11.2. The minimum atomic E-state index is -0.283. The Hall–Kier alpha value is -0.710. The monoisotopic (exact) mass is 217 g/mol. The van der Waals surface area contributed by atoms with Crippen LogP contribution < -0.4 is 5.32 Å². The average Bonchev–Trinajstić information content (AvgIpc) is 2.96. The van der Waals surface area contributed by atoms with Gasteiger partial charge in [-0.3, -0.25) is 9.59 Å². The summed E-state index contributed by atoms with van der Waals surface area (Å²) in [5.74, 6) is 0.0507. The van der Waals surface area contributed by atoms with Crippen LogP contribution in [0.1, 0.15) is 19.8 Å². The average molecular weight is 217 g/mol. The predicted octanol–water partition coefficient (Wildman–Crippen LogP) is 0.560. The molecule has 4 nitrogen and oxygen atoms in total. The third-order valence-corrected chi connectivity index (χ3v) is 3.06. The van der Waals surface area contributed by atoms with Crippen LogP contribution in [-0.2, 0) is 14.3 Å². The minimum Gasteiger partial charge on any atom is -0.468 e. The first kappa shape index (κ1) is 11.4. The third-order valence-electron chi connectivity index (χ3n) is 1.94. The van der Waals surface area contributed by atoms with Crippen molar-refractivity contribution in [1.82, 2.24) is 5.32 Å². The van der Waals surface area contributed by atoms with Crippen molar-refractivity contribution in [3.63, 3.8) is 0 Å². The van der Waals surface area contributed by atoms with Crippen LogP contribution in [-0.4, -0.2) is 36.0 Å². The molecule has 1 aliphatic carbocycles. The van der Waals surface area contributed by atoms with Crippen LogP contribution in [0.4, 0.5) is 0 Å². The van der Waals surface area contributed by atoms with Crippen LogP contribution in [0.25, 0.3) is 0 Å². The predicted molar refractivity (Wildman–Crippen MR) is 55.1 cm³/mol. The molecule has 0 saturated heterocycles. The van der Waals surface area contributed by atoms with Gasteiger partial charge in [-0.05, 0) is 19.8 Å². The van der Waals surface area contributed by atoms with Crippen molar-refractivity contribution in [2.75, 3.05) is 12.9 Å². The number of carbonyl (C=O) groups excluding carboxylic acids is 2. The van der Waals surface area contributed by atoms with Crippen molar-refractivity contribution < 1.29 is 14.3 Å². The van der Waals surface area contributed by atoms with Gasteiger partial charge in [0, 0.05) is 6.04 Å². The summed E-state index contributed by atoms with van der Waals surface area (Å²) in [6.07, 6.45) is 2.17. The second kappa shape index (κ2) is 5.24. The molecule has 80 valence electrons. The van der Waals surface area contributed by atoms with Crippen LogP contribution >= 0.6 is 11.8 Å². The number of carbonyl (C=O) groups is 2. The van der Waals surface area contributed by atoms with Gasteiger partial charge in [-0.1, -0.05) is 0 Å². The van der Waals surface area contributed by atoms with Crippen molar-refractivity contribution in [2.24, 2.45) is 0 Å². The summed E-state index contributed by atoms with van der Waals surface area (Å²) < 4.78 is 4.55. The first-order chi connectivity index (χ1) is 6.63. The maximum Gasteiger partial charge on any atom is 0.318 e. The van der Waals surface area contributed by atoms with E-state index in [1.165, 1.54) is 18.9 Å². The van der Waals surface area contributed by atoms with Crippen LogP contribution in [0, 0.1) is 0 Å². The zero-order valence-corrected chi connectivity index (χ0v) is 9.23. The normalized spacial score (nSPS) is 17.3. The van der Waals surface area contributed by atoms with Gasteiger partial charge < -0.3 is 10.1 Å². The number of rotatable bonds is 5. The van der Waals surface area contributed by atoms with E-state index in [0.717, 1.165) is 12.8 Å². The van der Waals surface area contributed by atoms with Gasteiger partial charge in [0.05, 0.1) is 12.9 Å². The highest BCUT2D eigenvalue weighted by Crippen LogP contribution is 2.19. The van der Waals surface area contributed by atoms with E-state index in [1.54, 1.807) is 6.92 Å². The number of methoxy groups -OCH3 is 1. The first-order valence-corrected chi connectivity index (χ1v) is 5.67. The molecule has 1 amide bonds. The number of hydrogen-bond donors (Lipinski definition) is 1. The molecule has 1 atom stereocenters. The van der Waals surface area contributed by atoms with Gasteiger partial charge in [0.1, 0.15) is 5.25 Å². The van der Waals surface area contributed by atoms with E-state index < -0.39 is 0 Å². The van der Waals surface area contributed by atoms with Gasteiger partial charge in [0.25, 0.3) is 0 Å². The van der Waals surface area contributed by atoms with Crippen molar-refractivity contribution in [1.29, 1.82) is 0 Å². The fraction of sp³-hybridized carbons (Fsp3) is 0.778. The Balaban J connectivity index is 2.11. The van der Waals surface area contributed by atoms with E-state index in [4.69, 9.17) is 0 Å². The molecule has 0 aromatic rings. The summed E-state index contributed by atoms with van der Waals surface area (Å²) >= 11 is 1.30. The highest BCUT2D eigenvalue weighted by molar-refractivity contribution is 8.01. The topological polar surface area (TPSA) is 55.4 Å². The molecule has 1 N–H and O–H groups in total. The molecule has 0 aromatic heterocycles. The van der Waals surface area contributed by atoms with Crippen LogP contribution in [0.5, 0.6) is 0 Å². The molecule has 1 rings (SSSR count). The molecule has 14 heavy (non-hydrogen) atoms. The Kier molecular flexibility index (Phi) is 4.25. The quantitative estimate of drug-likeness (QED) is 0.684. The molecule has 0 aromatic carbocycles. The lowest BCUT2D eigenvalue weighted by molar-refractivity contribution is -0.139. The zero-order chi connectivity index (χ0) is 10.6. The van der Waals surface area contributed by atoms with E-state index in [-0.39, 0.29) is 17.1 Å². The molecule has 1 unspecified atom stereocenters. The number of hydrogen-bond acceptors (Lipinski definition) is 4. The molecular formula is C9H15NO3S. The van der Waals surface area contributed by atoms with Gasteiger partial charge >= 0.3 is 5.97 Å². The second-order valence-electron chi connectivity index (χ2n) is 3.32. The van der Waals surface area contributed by atoms with Crippen molar-refractivity contribution in [3.05, 3.63) is 0 Å². The molecule has 5 heteroatoms. The van der Waals surface area contributed by atoms with Crippen molar-refractivity contribution in [3.8, 4) is 0 Å². The standard InChI is InChI=1S/C9H15NO3S/c1-6(9(12)13-2)14-5-8(11)10-7-3-4-7/h6-7H,3-5H2,1-2H3,(H,10,11). The Morgan fingerprint density at radius 1 is 1.57 bits per heavy atom. The summed E-state index contributed by atoms with van der Waals surface area (Å²) in [5.41, 5.74) is 0. The number of esters is 1. The second-order valence-corrected chi connectivity index (χ2v) is 4.65. The molecule has 0 bridgehead atoms. The minimum absolute atomic E-state index is 0.00764. The fourth-order valence-electron chi connectivity index (χ4n) is 0.932. The van der Waals surface area contributed by atoms with E-state index in [0.29, 0.717) is 11.8 Å². The lowest BCUT2D eigenvalue weighted by atomic mass is 10.5. The molecule has 0 radical (unpaired) electrons. The molecule has 1 aliphatic rings. The molecular weight excluding hydrogens is 202 g/mol. The van der Waals surface area contributed by atoms with Crippen LogP contribution in [0.15, 0.2) is 0 Å². The van der Waals surface area contributed by atoms with Crippen molar-refractivity contribution >= 4 is 23.6 Å². The Morgan fingerprint density at radius 3 is 2.71 bits per heavy atom. The zero-order valence-electron chi connectivity index (χ0n) is 8.41. The van der Waals surface area contributed by atoms with Gasteiger partial charge in [-0.15, -0.1) is 11.8 Å². The Bertz CT molecular complexity index is 228. The number of ether oxygens (including phenoxy) is 1. The lowest BCUT2D eigenvalue weighted by Crippen LogP contribution is -2.28. The molecule has 1 fully saturated rings. The first-order valence-electron chi connectivity index (χ1n) is 4.62. The smallest absolute Gasteiger partial charge is 0.318 e. The Morgan fingerprint density at radius 2 is 2.21 bits per heavy atom. The van der Waals surface area contributed by atoms with Crippen molar-refractivity contribution in [2.45, 2.75) is 31.1 Å². The van der Waals surface area contributed by atoms with E-state index in [9.17, 15) is 9.59 Å². The number of nitrogens with one attached hydrogen (secondary N) is 1. The third kappa shape index (κ3) is 4.00. The van der Waals surface area contributed by atoms with E-state index >= 15 is 0 Å². The molecule has 1 saturated carbocycles. The molecule has 0 heterocycles. The van der Waals surface area contributed by atoms with Gasteiger partial charge in [-0.2, -0.15) is 0 Å². The maximum absolute atomic E-state index is 11.2. The lowest BCUT2D eigenvalue weighted by Gasteiger charge is -2.08. The molecule has 0 spiro atoms. The molecule has 0 aliphatic heterocycles. The van der Waals surface area contributed by atoms with Gasteiger partial charge in [0.15, 0.2) is 0 Å². The van der Waals surface area contributed by atoms with Gasteiger partial charge in [0.2, 0.25) is 5.91 Å². The van der Waals surface area contributed by atoms with E-state index in [2.05, 4.69) is 10.1 Å². The highest BCUT2D eigenvalue weighted by atomic mass is 32.2. The number of amides is 1. The number of thioether (sulfide) groups is 1. The van der Waals surface area contributed by atoms with Crippen LogP contribution in [0.3, 0.4) is 0 Å². The summed E-state index contributed by atoms with van der Waals surface area (Å²) in [4.78, 5) is 22.2. The van der Waals surface area contributed by atoms with Gasteiger partial charge in [-0.25, -0.2) is 0 Å². The largest absolute Gasteiger partial charge is 0.468 e. The summed E-state index contributed by atoms with van der Waals surface area (Å²) in [7, 11) is 1.35.